The molecule has 2 heteroatoms. The fourth-order valence-corrected chi connectivity index (χ4v) is 0.694. The summed E-state index contributed by atoms with van der Waals surface area (Å²) in [7, 11) is 0.604. The van der Waals surface area contributed by atoms with E-state index in [4.69, 9.17) is 11.1 Å². The van der Waals surface area contributed by atoms with Crippen molar-refractivity contribution in [3.05, 3.63) is 0 Å². The van der Waals surface area contributed by atoms with Gasteiger partial charge in [0.25, 0.3) is 0 Å². The van der Waals surface area contributed by atoms with E-state index in [0.717, 1.165) is 5.54 Å². The maximum atomic E-state index is 5.48. The highest BCUT2D eigenvalue weighted by atomic mass is 35.6. The highest BCUT2D eigenvalue weighted by Crippen LogP contribution is 2.05. The minimum Gasteiger partial charge on any atom is -0.171 e. The zero-order valence-corrected chi connectivity index (χ0v) is 5.92. The smallest absolute Gasteiger partial charge is 0.171 e. The van der Waals surface area contributed by atoms with Crippen LogP contribution in [0.5, 0.6) is 0 Å². The largest absolute Gasteiger partial charge is 0.174 e. The minimum absolute atomic E-state index is 0.604. The fourth-order valence-electron chi connectivity index (χ4n) is 0.0772. The van der Waals surface area contributed by atoms with Crippen molar-refractivity contribution in [3.63, 3.8) is 0 Å². The summed E-state index contributed by atoms with van der Waals surface area (Å²) >= 11 is 5.48. The summed E-state index contributed by atoms with van der Waals surface area (Å²) in [5.74, 6) is 0. The highest BCUT2D eigenvalue weighted by Gasteiger charge is 1.93. The molecule has 0 saturated heterocycles. The first kappa shape index (κ1) is 6.51. The Morgan fingerprint density at radius 2 is 2.33 bits per heavy atom. The van der Waals surface area contributed by atoms with E-state index in [1.165, 1.54) is 6.42 Å². The monoisotopic (exact) mass is 120 g/mol. The van der Waals surface area contributed by atoms with Crippen LogP contribution in [0.1, 0.15) is 20.3 Å². The molecule has 0 saturated carbocycles. The molecule has 0 spiro atoms. The quantitative estimate of drug-likeness (QED) is 0.387. The van der Waals surface area contributed by atoms with Gasteiger partial charge in [0.15, 0.2) is 8.83 Å². The van der Waals surface area contributed by atoms with E-state index in [2.05, 4.69) is 13.8 Å². The lowest BCUT2D eigenvalue weighted by molar-refractivity contribution is 0.877. The van der Waals surface area contributed by atoms with Crippen molar-refractivity contribution < 1.29 is 0 Å². The molecule has 0 aromatic heterocycles. The van der Waals surface area contributed by atoms with Gasteiger partial charge in [0.1, 0.15) is 0 Å². The van der Waals surface area contributed by atoms with E-state index in [-0.39, 0.29) is 0 Å². The first-order chi connectivity index (χ1) is 2.81. The molecule has 1 unspecified atom stereocenters. The predicted molar refractivity (Wildman–Crippen MR) is 31.3 cm³/mol. The molecule has 0 fully saturated rings. The van der Waals surface area contributed by atoms with Gasteiger partial charge in [0, 0.05) is 0 Å². The van der Waals surface area contributed by atoms with Crippen LogP contribution in [0.4, 0.5) is 0 Å². The van der Waals surface area contributed by atoms with Crippen molar-refractivity contribution in [1.82, 2.24) is 0 Å². The maximum Gasteiger partial charge on any atom is 0.174 e. The van der Waals surface area contributed by atoms with E-state index >= 15 is 0 Å². The molecule has 0 N–H and O–H groups in total. The Kier molecular flexibility index (Phi) is 4.00. The number of hydrogen-bond acceptors (Lipinski definition) is 0. The molecule has 0 rings (SSSR count). The van der Waals surface area contributed by atoms with Crippen molar-refractivity contribution in [2.24, 2.45) is 0 Å². The van der Waals surface area contributed by atoms with Crippen molar-refractivity contribution >= 4 is 19.9 Å². The standard InChI is InChI=1S/C4H9ClSi/c1-3-4(2)6-5/h4H,3H2,1-2H3. The molecule has 0 heterocycles. The lowest BCUT2D eigenvalue weighted by Crippen LogP contribution is -1.86. The van der Waals surface area contributed by atoms with E-state index in [9.17, 15) is 0 Å². The Morgan fingerprint density at radius 3 is 2.33 bits per heavy atom. The molecule has 2 radical (unpaired) electrons. The predicted octanol–water partition coefficient (Wildman–Crippen LogP) is 2.06. The number of hydrogen-bond donors (Lipinski definition) is 0. The summed E-state index contributed by atoms with van der Waals surface area (Å²) < 4.78 is 0. The van der Waals surface area contributed by atoms with Gasteiger partial charge in [-0.2, -0.15) is 11.1 Å². The van der Waals surface area contributed by atoms with Crippen LogP contribution < -0.4 is 0 Å². The van der Waals surface area contributed by atoms with Crippen LogP contribution in [0.25, 0.3) is 0 Å². The molecule has 0 aliphatic carbocycles. The van der Waals surface area contributed by atoms with Crippen LogP contribution in [-0.2, 0) is 0 Å². The van der Waals surface area contributed by atoms with Gasteiger partial charge in [-0.25, -0.2) is 0 Å². The first-order valence-electron chi connectivity index (χ1n) is 2.17. The third-order valence-electron chi connectivity index (χ3n) is 0.799. The summed E-state index contributed by atoms with van der Waals surface area (Å²) in [6.45, 7) is 4.31. The van der Waals surface area contributed by atoms with Gasteiger partial charge in [-0.3, -0.25) is 0 Å². The van der Waals surface area contributed by atoms with E-state index in [1.54, 1.807) is 0 Å². The fraction of sp³-hybridized carbons (Fsp3) is 1.00. The van der Waals surface area contributed by atoms with E-state index in [0.29, 0.717) is 8.83 Å². The average molecular weight is 121 g/mol. The number of halogens is 1. The Bertz CT molecular complexity index is 26.7. The van der Waals surface area contributed by atoms with Gasteiger partial charge in [0.05, 0.1) is 0 Å². The van der Waals surface area contributed by atoms with Gasteiger partial charge in [0.2, 0.25) is 0 Å². The van der Waals surface area contributed by atoms with E-state index in [1.807, 2.05) is 0 Å². The summed E-state index contributed by atoms with van der Waals surface area (Å²) in [5.41, 5.74) is 0.728. The summed E-state index contributed by atoms with van der Waals surface area (Å²) in [6, 6.07) is 0. The summed E-state index contributed by atoms with van der Waals surface area (Å²) in [4.78, 5) is 0. The normalized spacial score (nSPS) is 14.5. The molecule has 0 aliphatic rings. The summed E-state index contributed by atoms with van der Waals surface area (Å²) in [5, 5.41) is 0. The zero-order chi connectivity index (χ0) is 4.99. The second kappa shape index (κ2) is 3.69. The first-order valence-corrected chi connectivity index (χ1v) is 4.26. The molecule has 0 aromatic rings. The van der Waals surface area contributed by atoms with Gasteiger partial charge < -0.3 is 0 Å². The molecule has 0 bridgehead atoms. The molecule has 0 amide bonds. The van der Waals surface area contributed by atoms with Crippen molar-refractivity contribution in [3.8, 4) is 0 Å². The third-order valence-corrected chi connectivity index (χ3v) is 2.70. The SMILES string of the molecule is CCC(C)[Si]Cl. The van der Waals surface area contributed by atoms with Crippen LogP contribution in [0, 0.1) is 0 Å². The molecular weight excluding hydrogens is 112 g/mol. The molecular formula is C4H9ClSi. The van der Waals surface area contributed by atoms with Crippen LogP contribution in [0.3, 0.4) is 0 Å². The van der Waals surface area contributed by atoms with Gasteiger partial charge in [-0.1, -0.05) is 20.3 Å². The van der Waals surface area contributed by atoms with Gasteiger partial charge in [-0.15, -0.1) is 0 Å². The molecule has 1 atom stereocenters. The van der Waals surface area contributed by atoms with Crippen LogP contribution in [0.15, 0.2) is 0 Å². The minimum atomic E-state index is 0.604. The third kappa shape index (κ3) is 2.73. The van der Waals surface area contributed by atoms with Crippen LogP contribution in [-0.4, -0.2) is 8.83 Å². The maximum absolute atomic E-state index is 5.48. The average Bonchev–Trinajstić information content (AvgIpc) is 1.65. The Morgan fingerprint density at radius 1 is 1.83 bits per heavy atom. The molecule has 0 aliphatic heterocycles. The van der Waals surface area contributed by atoms with Crippen LogP contribution >= 0.6 is 11.1 Å². The molecule has 6 heavy (non-hydrogen) atoms. The number of rotatable bonds is 2. The Hall–Kier alpha value is 0.507. The Labute approximate surface area is 46.4 Å². The molecule has 0 aromatic carbocycles. The highest BCUT2D eigenvalue weighted by molar-refractivity contribution is 6.94. The van der Waals surface area contributed by atoms with Crippen molar-refractivity contribution in [1.29, 1.82) is 0 Å². The summed E-state index contributed by atoms with van der Waals surface area (Å²) in [6.07, 6.45) is 1.21. The van der Waals surface area contributed by atoms with Gasteiger partial charge in [-0.05, 0) is 5.54 Å². The second-order valence-corrected chi connectivity index (χ2v) is 3.28. The van der Waals surface area contributed by atoms with Crippen molar-refractivity contribution in [2.45, 2.75) is 25.8 Å². The zero-order valence-electron chi connectivity index (χ0n) is 4.16. The van der Waals surface area contributed by atoms with Crippen molar-refractivity contribution in [2.75, 3.05) is 0 Å². The lowest BCUT2D eigenvalue weighted by Gasteiger charge is -1.95. The topological polar surface area (TPSA) is 0 Å². The van der Waals surface area contributed by atoms with E-state index < -0.39 is 0 Å². The lowest BCUT2D eigenvalue weighted by atomic mass is 10.4. The van der Waals surface area contributed by atoms with Crippen LogP contribution in [0.2, 0.25) is 5.54 Å². The van der Waals surface area contributed by atoms with Gasteiger partial charge >= 0.3 is 0 Å². The molecule has 0 nitrogen and oxygen atoms in total. The Balaban J connectivity index is 2.75. The second-order valence-electron chi connectivity index (χ2n) is 1.42. The molecule has 36 valence electrons.